The topological polar surface area (TPSA) is 72.2 Å². The number of piperidine rings is 1. The van der Waals surface area contributed by atoms with Crippen molar-refractivity contribution in [2.45, 2.75) is 38.0 Å². The summed E-state index contributed by atoms with van der Waals surface area (Å²) in [4.78, 5) is 27.6. The number of fused-ring (bicyclic) bond motifs is 1. The zero-order valence-corrected chi connectivity index (χ0v) is 19.0. The minimum Gasteiger partial charge on any atom is -0.361 e. The van der Waals surface area contributed by atoms with Crippen molar-refractivity contribution in [2.24, 2.45) is 7.05 Å². The van der Waals surface area contributed by atoms with Gasteiger partial charge in [0.25, 0.3) is 11.1 Å². The Morgan fingerprint density at radius 1 is 1.12 bits per heavy atom. The molecule has 4 rings (SSSR count). The van der Waals surface area contributed by atoms with E-state index in [1.54, 1.807) is 10.8 Å². The van der Waals surface area contributed by atoms with Gasteiger partial charge in [-0.1, -0.05) is 12.1 Å². The molecule has 0 spiro atoms. The maximum absolute atomic E-state index is 14.7. The molecule has 0 aliphatic carbocycles. The fourth-order valence-corrected chi connectivity index (χ4v) is 4.39. The van der Waals surface area contributed by atoms with Crippen LogP contribution in [0, 0.1) is 5.82 Å². The van der Waals surface area contributed by atoms with Crippen LogP contribution < -0.4 is 16.4 Å². The summed E-state index contributed by atoms with van der Waals surface area (Å²) in [5, 5.41) is 7.64. The van der Waals surface area contributed by atoms with Gasteiger partial charge in [-0.3, -0.25) is 9.59 Å². The van der Waals surface area contributed by atoms with Gasteiger partial charge in [0.15, 0.2) is 5.82 Å². The minimum absolute atomic E-state index is 0.0525. The Hall–Kier alpha value is -3.21. The Bertz CT molecular complexity index is 1340. The highest BCUT2D eigenvalue weighted by molar-refractivity contribution is 5.90. The summed E-state index contributed by atoms with van der Waals surface area (Å²) in [7, 11) is 3.41. The lowest BCUT2D eigenvalue weighted by Gasteiger charge is -2.30. The van der Waals surface area contributed by atoms with Crippen molar-refractivity contribution in [3.8, 4) is 0 Å². The first-order valence-electron chi connectivity index (χ1n) is 10.9. The summed E-state index contributed by atoms with van der Waals surface area (Å²) >= 11 is 0. The number of pyridine rings is 1. The van der Waals surface area contributed by atoms with E-state index in [0.29, 0.717) is 11.5 Å². The van der Waals surface area contributed by atoms with E-state index in [0.717, 1.165) is 36.7 Å². The first-order valence-corrected chi connectivity index (χ1v) is 10.9. The van der Waals surface area contributed by atoms with Crippen LogP contribution in [0.1, 0.15) is 43.0 Å². The fourth-order valence-electron chi connectivity index (χ4n) is 4.39. The number of nitrogens with one attached hydrogen (secondary N) is 1. The Labute approximate surface area is 192 Å². The van der Waals surface area contributed by atoms with Gasteiger partial charge in [0.05, 0.1) is 17.0 Å². The van der Waals surface area contributed by atoms with Crippen LogP contribution in [0.15, 0.2) is 40.1 Å². The lowest BCUT2D eigenvalue weighted by molar-refractivity contribution is -0.140. The summed E-state index contributed by atoms with van der Waals surface area (Å²) in [5.74, 6) is -1.20. The van der Waals surface area contributed by atoms with Crippen molar-refractivity contribution < 1.29 is 17.6 Å². The lowest BCUT2D eigenvalue weighted by atomic mass is 10.0. The quantitative estimate of drug-likeness (QED) is 0.578. The molecule has 0 amide bonds. The highest BCUT2D eigenvalue weighted by Gasteiger charge is 2.35. The molecule has 1 aliphatic rings. The first kappa shape index (κ1) is 23.9. The molecule has 34 heavy (non-hydrogen) atoms. The monoisotopic (exact) mass is 479 g/mol. The Morgan fingerprint density at radius 2 is 1.79 bits per heavy atom. The standard InChI is InChI=1S/C23H25F4N5O2/c1-13(15-5-4-6-18(20(15)24)23(25,26)27)28-21-17-12-32(14-7-9-30(2)10-8-14)19(33)11-16(17)22(34)31(3)29-21/h4-6,11-14H,7-10H2,1-3H3,(H,28,29)/t13-/m1/s1. The molecule has 182 valence electrons. The third-order valence-corrected chi connectivity index (χ3v) is 6.35. The predicted octanol–water partition coefficient (Wildman–Crippen LogP) is 3.69. The van der Waals surface area contributed by atoms with Crippen molar-refractivity contribution >= 4 is 16.6 Å². The molecule has 0 unspecified atom stereocenters. The predicted molar refractivity (Wildman–Crippen MR) is 120 cm³/mol. The van der Waals surface area contributed by atoms with E-state index in [1.807, 2.05) is 7.05 Å². The van der Waals surface area contributed by atoms with Gasteiger partial charge in [0.2, 0.25) is 0 Å². The summed E-state index contributed by atoms with van der Waals surface area (Å²) in [5.41, 5.74) is -2.34. The van der Waals surface area contributed by atoms with Gasteiger partial charge in [0.1, 0.15) is 5.82 Å². The van der Waals surface area contributed by atoms with Crippen LogP contribution in [0.4, 0.5) is 23.4 Å². The van der Waals surface area contributed by atoms with Gasteiger partial charge >= 0.3 is 6.18 Å². The number of anilines is 1. The van der Waals surface area contributed by atoms with E-state index in [-0.39, 0.29) is 28.4 Å². The number of rotatable bonds is 4. The molecule has 1 aromatic carbocycles. The van der Waals surface area contributed by atoms with E-state index >= 15 is 0 Å². The highest BCUT2D eigenvalue weighted by atomic mass is 19.4. The number of nitrogens with zero attached hydrogens (tertiary/aromatic N) is 4. The normalized spacial score (nSPS) is 16.7. The number of benzene rings is 1. The van der Waals surface area contributed by atoms with E-state index in [4.69, 9.17) is 0 Å². The van der Waals surface area contributed by atoms with Crippen molar-refractivity contribution in [2.75, 3.05) is 25.5 Å². The zero-order chi connectivity index (χ0) is 24.8. The van der Waals surface area contributed by atoms with Gasteiger partial charge in [-0.25, -0.2) is 9.07 Å². The Balaban J connectivity index is 1.78. The van der Waals surface area contributed by atoms with Crippen molar-refractivity contribution in [1.82, 2.24) is 19.2 Å². The number of hydrogen-bond acceptors (Lipinski definition) is 5. The van der Waals surface area contributed by atoms with Crippen LogP contribution in [0.5, 0.6) is 0 Å². The number of likely N-dealkylation sites (tertiary alicyclic amines) is 1. The zero-order valence-electron chi connectivity index (χ0n) is 19.0. The van der Waals surface area contributed by atoms with Gasteiger partial charge in [-0.15, -0.1) is 0 Å². The third kappa shape index (κ3) is 4.44. The van der Waals surface area contributed by atoms with Crippen LogP contribution in [0.25, 0.3) is 10.8 Å². The lowest BCUT2D eigenvalue weighted by Crippen LogP contribution is -2.35. The molecule has 1 saturated heterocycles. The molecular formula is C23H25F4N5O2. The summed E-state index contributed by atoms with van der Waals surface area (Å²) in [6.45, 7) is 3.14. The molecular weight excluding hydrogens is 454 g/mol. The van der Waals surface area contributed by atoms with E-state index < -0.39 is 29.2 Å². The number of aromatic nitrogens is 3. The number of aryl methyl sites for hydroxylation is 1. The smallest absolute Gasteiger partial charge is 0.361 e. The van der Waals surface area contributed by atoms with E-state index in [9.17, 15) is 27.2 Å². The average molecular weight is 479 g/mol. The van der Waals surface area contributed by atoms with Crippen LogP contribution in [0.3, 0.4) is 0 Å². The van der Waals surface area contributed by atoms with Gasteiger partial charge in [-0.2, -0.15) is 18.3 Å². The van der Waals surface area contributed by atoms with E-state index in [1.165, 1.54) is 26.1 Å². The van der Waals surface area contributed by atoms with Crippen LogP contribution >= 0.6 is 0 Å². The van der Waals surface area contributed by atoms with Crippen LogP contribution in [-0.4, -0.2) is 39.4 Å². The SMILES string of the molecule is C[C@@H](Nc1nn(C)c(=O)c2cc(=O)n(C3CCN(C)CC3)cc12)c1cccc(C(F)(F)F)c1F. The first-order chi connectivity index (χ1) is 16.0. The van der Waals surface area contributed by atoms with Crippen LogP contribution in [-0.2, 0) is 13.2 Å². The molecule has 3 aromatic rings. The molecule has 0 saturated carbocycles. The minimum atomic E-state index is -4.83. The molecule has 0 radical (unpaired) electrons. The fraction of sp³-hybridized carbons (Fsp3) is 0.435. The van der Waals surface area contributed by atoms with Gasteiger partial charge in [-0.05, 0) is 46.0 Å². The molecule has 3 heterocycles. The molecule has 1 N–H and O–H groups in total. The van der Waals surface area contributed by atoms with Crippen molar-refractivity contribution in [3.63, 3.8) is 0 Å². The van der Waals surface area contributed by atoms with E-state index in [2.05, 4.69) is 15.3 Å². The van der Waals surface area contributed by atoms with Crippen molar-refractivity contribution in [3.05, 3.63) is 68.1 Å². The van der Waals surface area contributed by atoms with Crippen molar-refractivity contribution in [1.29, 1.82) is 0 Å². The second-order valence-corrected chi connectivity index (χ2v) is 8.73. The van der Waals surface area contributed by atoms with Gasteiger partial charge in [0, 0.05) is 36.3 Å². The molecule has 7 nitrogen and oxygen atoms in total. The molecule has 1 atom stereocenters. The number of alkyl halides is 3. The second kappa shape index (κ2) is 8.86. The molecule has 0 bridgehead atoms. The second-order valence-electron chi connectivity index (χ2n) is 8.73. The number of halogens is 4. The Morgan fingerprint density at radius 3 is 2.44 bits per heavy atom. The average Bonchev–Trinajstić information content (AvgIpc) is 2.77. The maximum Gasteiger partial charge on any atom is 0.419 e. The Kier molecular flexibility index (Phi) is 6.24. The van der Waals surface area contributed by atoms with Crippen LogP contribution in [0.2, 0.25) is 0 Å². The molecule has 11 heteroatoms. The summed E-state index contributed by atoms with van der Waals surface area (Å²) < 4.78 is 56.8. The molecule has 2 aromatic heterocycles. The molecule has 1 fully saturated rings. The molecule has 1 aliphatic heterocycles. The number of hydrogen-bond donors (Lipinski definition) is 1. The third-order valence-electron chi connectivity index (χ3n) is 6.35. The van der Waals surface area contributed by atoms with Gasteiger partial charge < -0.3 is 14.8 Å². The largest absolute Gasteiger partial charge is 0.419 e. The summed E-state index contributed by atoms with van der Waals surface area (Å²) in [6.07, 6.45) is -1.74. The maximum atomic E-state index is 14.7. The summed E-state index contributed by atoms with van der Waals surface area (Å²) in [6, 6.07) is 3.40. The highest BCUT2D eigenvalue weighted by Crippen LogP contribution is 2.35.